The highest BCUT2D eigenvalue weighted by atomic mass is 32.2. The average molecular weight is 1340 g/mol. The molecule has 2 aliphatic heterocycles. The Hall–Kier alpha value is -9.39. The molecule has 3 fully saturated rings. The third-order valence-corrected chi connectivity index (χ3v) is 20.4. The Bertz CT molecular complexity index is 4300. The van der Waals surface area contributed by atoms with E-state index in [-0.39, 0.29) is 39.3 Å². The van der Waals surface area contributed by atoms with Gasteiger partial charge in [-0.2, -0.15) is 15.3 Å². The van der Waals surface area contributed by atoms with Gasteiger partial charge in [-0.3, -0.25) is 24.9 Å². The fourth-order valence-electron chi connectivity index (χ4n) is 12.3. The number of hydrogen-bond acceptors (Lipinski definition) is 15. The van der Waals surface area contributed by atoms with E-state index in [4.69, 9.17) is 19.3 Å². The number of ether oxygens (including phenoxy) is 3. The summed E-state index contributed by atoms with van der Waals surface area (Å²) in [7, 11) is -5.06. The van der Waals surface area contributed by atoms with E-state index in [0.29, 0.717) is 64.1 Å². The summed E-state index contributed by atoms with van der Waals surface area (Å²) < 4.78 is 87.1. The second kappa shape index (κ2) is 29.7. The van der Waals surface area contributed by atoms with Crippen LogP contribution in [-0.4, -0.2) is 142 Å². The van der Waals surface area contributed by atoms with Gasteiger partial charge in [0.1, 0.15) is 17.2 Å². The molecule has 4 N–H and O–H groups in total. The summed E-state index contributed by atoms with van der Waals surface area (Å²) in [6.45, 7) is 7.68. The van der Waals surface area contributed by atoms with Crippen LogP contribution < -0.4 is 14.2 Å². The molecule has 12 rings (SSSR count). The molecule has 1 saturated carbocycles. The monoisotopic (exact) mass is 1330 g/mol. The topological polar surface area (TPSA) is 294 Å². The Kier molecular flexibility index (Phi) is 21.8. The van der Waals surface area contributed by atoms with Gasteiger partial charge in [0.25, 0.3) is 11.8 Å². The number of carbonyl (C=O) groups excluding carboxylic acids is 2. The fourth-order valence-corrected chi connectivity index (χ4v) is 14.3. The number of H-pyrrole nitrogens is 3. The van der Waals surface area contributed by atoms with Crippen LogP contribution in [0.4, 0.5) is 0 Å². The van der Waals surface area contributed by atoms with Crippen molar-refractivity contribution in [2.45, 2.75) is 85.6 Å². The summed E-state index contributed by atoms with van der Waals surface area (Å²) >= 11 is 0. The van der Waals surface area contributed by atoms with E-state index in [9.17, 15) is 39.6 Å². The van der Waals surface area contributed by atoms with Gasteiger partial charge >= 0.3 is 5.97 Å². The Morgan fingerprint density at radius 3 is 1.13 bits per heavy atom. The molecule has 3 aromatic heterocycles. The van der Waals surface area contributed by atoms with Gasteiger partial charge in [0, 0.05) is 95.0 Å². The average Bonchev–Trinajstić information content (AvgIpc) is 1.58. The van der Waals surface area contributed by atoms with E-state index >= 15 is 0 Å². The van der Waals surface area contributed by atoms with Crippen molar-refractivity contribution in [1.82, 2.24) is 40.4 Å². The number of amides is 2. The molecule has 94 heavy (non-hydrogen) atoms. The number of carboxylic acid groups (broad SMARTS) is 1. The molecule has 6 atom stereocenters. The van der Waals surface area contributed by atoms with Gasteiger partial charge in [0.05, 0.1) is 72.3 Å². The molecule has 21 nitrogen and oxygen atoms in total. The van der Waals surface area contributed by atoms with Crippen LogP contribution in [0.25, 0.3) is 33.4 Å². The van der Waals surface area contributed by atoms with Crippen LogP contribution in [0.15, 0.2) is 179 Å². The highest BCUT2D eigenvalue weighted by Crippen LogP contribution is 2.42. The van der Waals surface area contributed by atoms with E-state index in [2.05, 4.69) is 57.4 Å². The zero-order valence-electron chi connectivity index (χ0n) is 53.8. The van der Waals surface area contributed by atoms with Crippen molar-refractivity contribution in [2.24, 2.45) is 17.8 Å². The predicted octanol–water partition coefficient (Wildman–Crippen LogP) is 12.2. The predicted molar refractivity (Wildman–Crippen MR) is 358 cm³/mol. The van der Waals surface area contributed by atoms with E-state index in [1.54, 1.807) is 124 Å². The molecule has 0 spiro atoms. The normalized spacial score (nSPS) is 18.6. The number of carbonyl (C=O) groups is 3. The van der Waals surface area contributed by atoms with Crippen molar-refractivity contribution in [3.63, 3.8) is 0 Å². The summed E-state index contributed by atoms with van der Waals surface area (Å²) in [5.74, 6) is 2.46. The molecule has 3 aliphatic rings. The number of hydrogen-bond donors (Lipinski definition) is 4. The molecule has 0 radical (unpaired) electrons. The first-order chi connectivity index (χ1) is 44.7. The van der Waals surface area contributed by atoms with Gasteiger partial charge in [0.15, 0.2) is 29.5 Å². The van der Waals surface area contributed by atoms with Gasteiger partial charge in [-0.05, 0) is 157 Å². The Balaban J connectivity index is 0.000000155. The first-order valence-corrected chi connectivity index (χ1v) is 36.2. The molecule has 3 unspecified atom stereocenters. The lowest BCUT2D eigenvalue weighted by atomic mass is 9.97. The minimum atomic E-state index is -3.32. The molecule has 2 saturated heterocycles. The molecule has 6 aromatic carbocycles. The van der Waals surface area contributed by atoms with Gasteiger partial charge in [0.2, 0.25) is 0 Å². The van der Waals surface area contributed by atoms with Crippen molar-refractivity contribution in [3.05, 3.63) is 198 Å². The summed E-state index contributed by atoms with van der Waals surface area (Å²) in [4.78, 5) is 42.4. The molecule has 9 aromatic rings. The number of aromatic amines is 3. The van der Waals surface area contributed by atoms with Gasteiger partial charge in [-0.25, -0.2) is 30.0 Å². The summed E-state index contributed by atoms with van der Waals surface area (Å²) in [5, 5.41) is 28.9. The Labute approximate surface area is 548 Å². The molecule has 494 valence electrons. The number of carboxylic acids is 1. The number of aromatic carboxylic acids is 1. The molecule has 0 bridgehead atoms. The number of aromatic nitrogens is 6. The minimum absolute atomic E-state index is 0.101. The van der Waals surface area contributed by atoms with Crippen LogP contribution in [0.2, 0.25) is 0 Å². The first kappa shape index (κ1) is 69.0. The Morgan fingerprint density at radius 2 is 0.809 bits per heavy atom. The fraction of sp³-hybridized carbons (Fsp3) is 0.314. The quantitative estimate of drug-likeness (QED) is 0.0741. The van der Waals surface area contributed by atoms with Crippen molar-refractivity contribution in [2.75, 3.05) is 53.2 Å². The SMILES string of the molecule is CC1CC[C@@H](c2cccc(S(C)(=O)=O)c2)C1.COc1cc(C(=O)N2CC(C)C[C@@H]2c2cccc(S(C)(=O)=O)c2)ccc1-c1cn[nH]c1.COc1cc(C(=O)N2CC(C)C[C@@H]2c2cccc(S(C)(=O)=O)c2)ccc1-c1cn[nH]c1.COc1cc(C(=O)O)ccc1-c1cn[nH]c1. The molecule has 2 amide bonds. The third kappa shape index (κ3) is 16.7. The van der Waals surface area contributed by atoms with Crippen LogP contribution in [-0.2, 0) is 29.5 Å². The number of methoxy groups -OCH3 is 3. The number of likely N-dealkylation sites (tertiary alicyclic amines) is 2. The maximum atomic E-state index is 13.5. The lowest BCUT2D eigenvalue weighted by Gasteiger charge is -2.26. The maximum Gasteiger partial charge on any atom is 0.335 e. The third-order valence-electron chi connectivity index (χ3n) is 17.1. The van der Waals surface area contributed by atoms with Crippen molar-refractivity contribution < 1.29 is 59.0 Å². The molecule has 1 aliphatic carbocycles. The van der Waals surface area contributed by atoms with Crippen LogP contribution in [0.3, 0.4) is 0 Å². The van der Waals surface area contributed by atoms with E-state index in [0.717, 1.165) is 63.3 Å². The number of nitrogens with zero attached hydrogens (tertiary/aromatic N) is 5. The summed E-state index contributed by atoms with van der Waals surface area (Å²) in [5.41, 5.74) is 9.23. The van der Waals surface area contributed by atoms with Crippen LogP contribution in [0, 0.1) is 17.8 Å². The van der Waals surface area contributed by atoms with Crippen molar-refractivity contribution >= 4 is 47.3 Å². The highest BCUT2D eigenvalue weighted by Gasteiger charge is 2.37. The molecular weight excluding hydrogens is 1260 g/mol. The first-order valence-electron chi connectivity index (χ1n) is 30.5. The summed E-state index contributed by atoms with van der Waals surface area (Å²) in [6.07, 6.45) is 19.2. The largest absolute Gasteiger partial charge is 0.496 e. The lowest BCUT2D eigenvalue weighted by molar-refractivity contribution is 0.0693. The standard InChI is InChI=1S/2C23H25N3O4S.C13H18O2S.C11H10N2O3/c2*1-15-9-21(16-5-4-6-19(10-16)31(3,28)29)26(14-15)23(27)17-7-8-20(22(11-17)30-2)18-12-24-25-13-18;1-10-6-7-12(8-10)11-4-3-5-13(9-11)16(2,14)15;1-16-10-4-7(11(14)15)2-3-9(10)8-5-12-13-6-8/h2*4-8,10-13,15,21H,9,14H2,1-3H3,(H,24,25);3-5,9-10,12H,6-8H2,1-2H3;2-6H,1H3,(H,12,13)(H,14,15)/t2*15?,21-;10?,12-;/m111./s1. The lowest BCUT2D eigenvalue weighted by Crippen LogP contribution is -2.31. The van der Waals surface area contributed by atoms with Gasteiger partial charge in [-0.1, -0.05) is 63.6 Å². The second-order valence-electron chi connectivity index (χ2n) is 24.3. The smallest absolute Gasteiger partial charge is 0.335 e. The molecule has 5 heterocycles. The maximum absolute atomic E-state index is 13.5. The highest BCUT2D eigenvalue weighted by molar-refractivity contribution is 7.91. The van der Waals surface area contributed by atoms with Crippen LogP contribution in [0.5, 0.6) is 17.2 Å². The van der Waals surface area contributed by atoms with Gasteiger partial charge < -0.3 is 29.1 Å². The minimum Gasteiger partial charge on any atom is -0.496 e. The van der Waals surface area contributed by atoms with Crippen LogP contribution in [0.1, 0.15) is 119 Å². The van der Waals surface area contributed by atoms with E-state index < -0.39 is 35.5 Å². The summed E-state index contributed by atoms with van der Waals surface area (Å²) in [6, 6.07) is 36.4. The number of rotatable bonds is 15. The zero-order valence-corrected chi connectivity index (χ0v) is 56.3. The molecular formula is C70H78N8O13S3. The zero-order chi connectivity index (χ0) is 67.6. The van der Waals surface area contributed by atoms with Gasteiger partial charge in [-0.15, -0.1) is 0 Å². The number of nitrogens with one attached hydrogen (secondary N) is 3. The molecule has 24 heteroatoms. The Morgan fingerprint density at radius 1 is 0.457 bits per heavy atom. The van der Waals surface area contributed by atoms with Crippen molar-refractivity contribution in [3.8, 4) is 50.6 Å². The van der Waals surface area contributed by atoms with E-state index in [1.165, 1.54) is 62.8 Å². The second-order valence-corrected chi connectivity index (χ2v) is 30.3. The van der Waals surface area contributed by atoms with Crippen molar-refractivity contribution in [1.29, 1.82) is 0 Å². The van der Waals surface area contributed by atoms with Crippen LogP contribution >= 0.6 is 0 Å². The number of sulfone groups is 3. The number of benzene rings is 6. The van der Waals surface area contributed by atoms with E-state index in [1.807, 2.05) is 46.2 Å².